The molecule has 1 aliphatic carbocycles. The first-order valence-corrected chi connectivity index (χ1v) is 7.48. The molecule has 0 bridgehead atoms. The first kappa shape index (κ1) is 15.1. The summed E-state index contributed by atoms with van der Waals surface area (Å²) < 4.78 is 5.33. The van der Waals surface area contributed by atoms with Crippen molar-refractivity contribution in [2.75, 3.05) is 6.54 Å². The Morgan fingerprint density at radius 3 is 2.30 bits per heavy atom. The van der Waals surface area contributed by atoms with Crippen molar-refractivity contribution < 1.29 is 19.4 Å². The average molecular weight is 282 g/mol. The fraction of sp³-hybridized carbons (Fsp3) is 0.867. The predicted molar refractivity (Wildman–Crippen MR) is 71.8 cm³/mol. The molecule has 2 fully saturated rings. The highest BCUT2D eigenvalue weighted by atomic mass is 16.6. The number of hydrogen-bond donors (Lipinski definition) is 0. The van der Waals surface area contributed by atoms with Gasteiger partial charge in [-0.25, -0.2) is 4.79 Å². The molecule has 1 saturated heterocycles. The molecule has 1 heterocycles. The summed E-state index contributed by atoms with van der Waals surface area (Å²) in [4.78, 5) is 24.9. The Balaban J connectivity index is 2.11. The molecule has 1 saturated carbocycles. The molecule has 0 aromatic carbocycles. The summed E-state index contributed by atoms with van der Waals surface area (Å²) in [6, 6.07) is -0.843. The Labute approximate surface area is 120 Å². The van der Waals surface area contributed by atoms with Crippen molar-refractivity contribution in [3.05, 3.63) is 0 Å². The van der Waals surface area contributed by atoms with Gasteiger partial charge in [-0.05, 0) is 45.4 Å². The topological polar surface area (TPSA) is 69.7 Å². The van der Waals surface area contributed by atoms with Crippen molar-refractivity contribution >= 4 is 12.1 Å². The van der Waals surface area contributed by atoms with Crippen LogP contribution in [0.5, 0.6) is 0 Å². The second-order valence-electron chi connectivity index (χ2n) is 7.01. The molecular formula is C15H24NO4-. The highest BCUT2D eigenvalue weighted by Gasteiger charge is 2.40. The Hall–Kier alpha value is -1.26. The van der Waals surface area contributed by atoms with Gasteiger partial charge in [0.1, 0.15) is 5.60 Å². The van der Waals surface area contributed by atoms with Gasteiger partial charge in [0, 0.05) is 6.54 Å². The van der Waals surface area contributed by atoms with E-state index in [9.17, 15) is 14.7 Å². The summed E-state index contributed by atoms with van der Waals surface area (Å²) >= 11 is 0. The number of carbonyl (C=O) groups excluding carboxylic acids is 2. The van der Waals surface area contributed by atoms with E-state index in [4.69, 9.17) is 4.74 Å². The number of carboxylic acids is 1. The van der Waals surface area contributed by atoms with Gasteiger partial charge in [0.2, 0.25) is 0 Å². The standard InChI is InChI=1S/C15H25NO4/c1-15(2,3)20-14(19)16-9-11-7-5-4-6-10(11)8-12(16)13(17)18/h10-12H,4-9H2,1-3H3,(H,17,18)/p-1/t10-,11+,12-/m0/s1. The van der Waals surface area contributed by atoms with Gasteiger partial charge in [-0.15, -0.1) is 0 Å². The zero-order valence-corrected chi connectivity index (χ0v) is 12.6. The van der Waals surface area contributed by atoms with E-state index in [1.54, 1.807) is 20.8 Å². The van der Waals surface area contributed by atoms with Crippen molar-refractivity contribution in [2.24, 2.45) is 11.8 Å². The summed E-state index contributed by atoms with van der Waals surface area (Å²) in [6.07, 6.45) is 4.44. The highest BCUT2D eigenvalue weighted by Crippen LogP contribution is 2.38. The quantitative estimate of drug-likeness (QED) is 0.731. The van der Waals surface area contributed by atoms with E-state index in [-0.39, 0.29) is 0 Å². The van der Waals surface area contributed by atoms with Gasteiger partial charge in [-0.1, -0.05) is 19.3 Å². The molecule has 1 aliphatic heterocycles. The van der Waals surface area contributed by atoms with Crippen LogP contribution in [0.1, 0.15) is 52.9 Å². The van der Waals surface area contributed by atoms with Crippen molar-refractivity contribution in [3.63, 3.8) is 0 Å². The lowest BCUT2D eigenvalue weighted by molar-refractivity contribution is -0.313. The minimum absolute atomic E-state index is 0.408. The van der Waals surface area contributed by atoms with E-state index in [0.29, 0.717) is 24.8 Å². The predicted octanol–water partition coefficient (Wildman–Crippen LogP) is 1.55. The van der Waals surface area contributed by atoms with Gasteiger partial charge in [-0.2, -0.15) is 0 Å². The lowest BCUT2D eigenvalue weighted by Crippen LogP contribution is -2.58. The van der Waals surface area contributed by atoms with Crippen LogP contribution in [0, 0.1) is 11.8 Å². The van der Waals surface area contributed by atoms with Crippen LogP contribution in [-0.4, -0.2) is 35.2 Å². The largest absolute Gasteiger partial charge is 0.548 e. The number of hydrogen-bond acceptors (Lipinski definition) is 4. The average Bonchev–Trinajstić information content (AvgIpc) is 2.35. The molecule has 2 aliphatic rings. The molecule has 0 unspecified atom stereocenters. The Morgan fingerprint density at radius 1 is 1.15 bits per heavy atom. The summed E-state index contributed by atoms with van der Waals surface area (Å²) in [7, 11) is 0. The lowest BCUT2D eigenvalue weighted by atomic mass is 9.73. The number of amides is 1. The van der Waals surface area contributed by atoms with Gasteiger partial charge >= 0.3 is 6.09 Å². The van der Waals surface area contributed by atoms with E-state index in [1.165, 1.54) is 11.3 Å². The van der Waals surface area contributed by atoms with Crippen LogP contribution in [0.2, 0.25) is 0 Å². The molecule has 114 valence electrons. The van der Waals surface area contributed by atoms with Crippen molar-refractivity contribution in [1.82, 2.24) is 4.90 Å². The number of aliphatic carboxylic acids is 1. The summed E-state index contributed by atoms with van der Waals surface area (Å²) in [5.74, 6) is -0.350. The van der Waals surface area contributed by atoms with E-state index in [0.717, 1.165) is 19.3 Å². The third-order valence-corrected chi connectivity index (χ3v) is 4.30. The second kappa shape index (κ2) is 5.62. The first-order chi connectivity index (χ1) is 9.28. The highest BCUT2D eigenvalue weighted by molar-refractivity contribution is 5.79. The summed E-state index contributed by atoms with van der Waals surface area (Å²) in [5.41, 5.74) is -0.614. The van der Waals surface area contributed by atoms with Crippen molar-refractivity contribution in [2.45, 2.75) is 64.5 Å². The fourth-order valence-corrected chi connectivity index (χ4v) is 3.37. The van der Waals surface area contributed by atoms with Crippen LogP contribution in [0.4, 0.5) is 4.79 Å². The maximum atomic E-state index is 12.2. The second-order valence-corrected chi connectivity index (χ2v) is 7.01. The van der Waals surface area contributed by atoms with E-state index in [2.05, 4.69) is 0 Å². The van der Waals surface area contributed by atoms with Gasteiger partial charge in [0.25, 0.3) is 0 Å². The molecule has 3 atom stereocenters. The number of rotatable bonds is 1. The normalized spacial score (nSPS) is 30.6. The molecular weight excluding hydrogens is 258 g/mol. The van der Waals surface area contributed by atoms with Gasteiger partial charge in [0.05, 0.1) is 12.0 Å². The number of likely N-dealkylation sites (tertiary alicyclic amines) is 1. The zero-order valence-electron chi connectivity index (χ0n) is 12.6. The Morgan fingerprint density at radius 2 is 1.75 bits per heavy atom. The maximum Gasteiger partial charge on any atom is 0.410 e. The molecule has 0 radical (unpaired) electrons. The van der Waals surface area contributed by atoms with Crippen molar-refractivity contribution in [3.8, 4) is 0 Å². The molecule has 1 amide bonds. The van der Waals surface area contributed by atoms with Crippen LogP contribution >= 0.6 is 0 Å². The Bertz CT molecular complexity index is 388. The molecule has 2 rings (SSSR count). The van der Waals surface area contributed by atoms with Gasteiger partial charge < -0.3 is 14.6 Å². The number of carboxylic acid groups (broad SMARTS) is 1. The smallest absolute Gasteiger partial charge is 0.410 e. The number of carbonyl (C=O) groups is 2. The van der Waals surface area contributed by atoms with E-state index < -0.39 is 23.7 Å². The van der Waals surface area contributed by atoms with Crippen LogP contribution in [0.25, 0.3) is 0 Å². The zero-order chi connectivity index (χ0) is 14.9. The van der Waals surface area contributed by atoms with E-state index >= 15 is 0 Å². The summed E-state index contributed by atoms with van der Waals surface area (Å²) in [5, 5.41) is 11.3. The molecule has 20 heavy (non-hydrogen) atoms. The molecule has 0 spiro atoms. The van der Waals surface area contributed by atoms with E-state index in [1.807, 2.05) is 0 Å². The molecule has 5 nitrogen and oxygen atoms in total. The maximum absolute atomic E-state index is 12.2. The molecule has 5 heteroatoms. The molecule has 0 aromatic rings. The van der Waals surface area contributed by atoms with Crippen molar-refractivity contribution in [1.29, 1.82) is 0 Å². The third kappa shape index (κ3) is 3.44. The SMILES string of the molecule is CC(C)(C)OC(=O)N1C[C@H]2CCCC[C@H]2C[C@H]1C(=O)[O-]. The van der Waals surface area contributed by atoms with Crippen LogP contribution < -0.4 is 5.11 Å². The van der Waals surface area contributed by atoms with Crippen LogP contribution in [0.15, 0.2) is 0 Å². The number of nitrogens with zero attached hydrogens (tertiary/aromatic N) is 1. The molecule has 0 N–H and O–H groups in total. The fourth-order valence-electron chi connectivity index (χ4n) is 3.37. The first-order valence-electron chi connectivity index (χ1n) is 7.48. The number of piperidine rings is 1. The molecule has 0 aromatic heterocycles. The monoisotopic (exact) mass is 282 g/mol. The number of ether oxygens (including phenoxy) is 1. The van der Waals surface area contributed by atoms with Gasteiger partial charge in [-0.3, -0.25) is 4.90 Å². The minimum atomic E-state index is -1.17. The van der Waals surface area contributed by atoms with Crippen LogP contribution in [0.3, 0.4) is 0 Å². The Kier molecular flexibility index (Phi) is 4.25. The number of fused-ring (bicyclic) bond motifs is 1. The van der Waals surface area contributed by atoms with Gasteiger partial charge in [0.15, 0.2) is 0 Å². The summed E-state index contributed by atoms with van der Waals surface area (Å²) in [6.45, 7) is 5.84. The third-order valence-electron chi connectivity index (χ3n) is 4.30. The lowest BCUT2D eigenvalue weighted by Gasteiger charge is -2.46. The minimum Gasteiger partial charge on any atom is -0.548 e. The van der Waals surface area contributed by atoms with Crippen LogP contribution in [-0.2, 0) is 9.53 Å².